The highest BCUT2D eigenvalue weighted by molar-refractivity contribution is 6.09. The number of hydrogen-bond donors (Lipinski definition) is 2. The molecule has 1 aromatic carbocycles. The average Bonchev–Trinajstić information content (AvgIpc) is 2.64. The Morgan fingerprint density at radius 1 is 1.37 bits per heavy atom. The third-order valence-electron chi connectivity index (χ3n) is 3.08. The molecule has 2 N–H and O–H groups in total. The Kier molecular flexibility index (Phi) is 3.55. The van der Waals surface area contributed by atoms with Gasteiger partial charge in [0.25, 0.3) is 5.91 Å². The molecule has 4 nitrogen and oxygen atoms in total. The Labute approximate surface area is 112 Å². The van der Waals surface area contributed by atoms with Crippen molar-refractivity contribution < 1.29 is 9.18 Å². The molecule has 1 unspecified atom stereocenters. The zero-order valence-electron chi connectivity index (χ0n) is 11.3. The van der Waals surface area contributed by atoms with Crippen LogP contribution in [0, 0.1) is 11.7 Å². The Bertz CT molecular complexity index is 527. The van der Waals surface area contributed by atoms with Crippen LogP contribution in [-0.4, -0.2) is 18.4 Å². The molecular formula is C14H18FN3O. The Balaban J connectivity index is 2.28. The second-order valence-electron chi connectivity index (χ2n) is 5.27. The van der Waals surface area contributed by atoms with Crippen molar-refractivity contribution in [3.63, 3.8) is 0 Å². The number of benzene rings is 1. The van der Waals surface area contributed by atoms with Gasteiger partial charge in [-0.2, -0.15) is 0 Å². The van der Waals surface area contributed by atoms with Gasteiger partial charge in [-0.05, 0) is 18.9 Å². The minimum atomic E-state index is -1.11. The summed E-state index contributed by atoms with van der Waals surface area (Å²) in [6.07, 6.45) is 0. The molecule has 102 valence electrons. The van der Waals surface area contributed by atoms with E-state index >= 15 is 0 Å². The van der Waals surface area contributed by atoms with Crippen molar-refractivity contribution in [2.75, 3.05) is 6.54 Å². The van der Waals surface area contributed by atoms with E-state index in [-0.39, 0.29) is 5.91 Å². The number of carbonyl (C=O) groups excluding carboxylic acids is 1. The van der Waals surface area contributed by atoms with E-state index in [2.05, 4.69) is 15.6 Å². The van der Waals surface area contributed by atoms with Crippen LogP contribution in [0.4, 0.5) is 4.39 Å². The quantitative estimate of drug-likeness (QED) is 0.873. The van der Waals surface area contributed by atoms with E-state index < -0.39 is 11.4 Å². The Morgan fingerprint density at radius 2 is 2.05 bits per heavy atom. The number of nitrogens with one attached hydrogen (secondary N) is 2. The van der Waals surface area contributed by atoms with Crippen LogP contribution in [0.3, 0.4) is 0 Å². The van der Waals surface area contributed by atoms with Crippen molar-refractivity contribution in [2.24, 2.45) is 10.9 Å². The lowest BCUT2D eigenvalue weighted by Gasteiger charge is -2.22. The first-order valence-corrected chi connectivity index (χ1v) is 6.32. The summed E-state index contributed by atoms with van der Waals surface area (Å²) in [5, 5.41) is 5.64. The van der Waals surface area contributed by atoms with Crippen LogP contribution < -0.4 is 10.6 Å². The van der Waals surface area contributed by atoms with Crippen LogP contribution in [0.1, 0.15) is 26.3 Å². The largest absolute Gasteiger partial charge is 0.338 e. The molecule has 1 heterocycles. The number of amides is 1. The van der Waals surface area contributed by atoms with E-state index in [1.165, 1.54) is 6.07 Å². The summed E-state index contributed by atoms with van der Waals surface area (Å²) in [6, 6.07) is 6.26. The molecule has 0 bridgehead atoms. The maximum atomic E-state index is 13.8. The molecule has 0 saturated carbocycles. The van der Waals surface area contributed by atoms with Crippen molar-refractivity contribution in [3.05, 3.63) is 35.6 Å². The molecule has 5 heteroatoms. The van der Waals surface area contributed by atoms with Crippen LogP contribution in [0.2, 0.25) is 0 Å². The third-order valence-corrected chi connectivity index (χ3v) is 3.08. The maximum absolute atomic E-state index is 13.8. The van der Waals surface area contributed by atoms with Gasteiger partial charge in [0.05, 0.1) is 0 Å². The van der Waals surface area contributed by atoms with E-state index in [1.54, 1.807) is 25.1 Å². The second-order valence-corrected chi connectivity index (χ2v) is 5.27. The number of aliphatic imine (C=N–C) groups is 1. The van der Waals surface area contributed by atoms with Crippen LogP contribution in [-0.2, 0) is 10.3 Å². The van der Waals surface area contributed by atoms with Crippen LogP contribution in [0.5, 0.6) is 0 Å². The van der Waals surface area contributed by atoms with Crippen molar-refractivity contribution in [1.29, 1.82) is 0 Å². The minimum Gasteiger partial charge on any atom is -0.338 e. The standard InChI is InChI=1S/C14H18FN3O/c1-9(2)8-16-13-17-12(19)14(3,18-13)10-6-4-5-7-11(10)15/h4-7,9H,8H2,1-3H3,(H2,16,17,18,19). The Morgan fingerprint density at radius 3 is 2.68 bits per heavy atom. The van der Waals surface area contributed by atoms with E-state index in [0.717, 1.165) is 0 Å². The van der Waals surface area contributed by atoms with Crippen LogP contribution in [0.25, 0.3) is 0 Å². The van der Waals surface area contributed by atoms with Gasteiger partial charge in [-0.3, -0.25) is 15.1 Å². The molecule has 1 fully saturated rings. The van der Waals surface area contributed by atoms with Gasteiger partial charge in [0.2, 0.25) is 0 Å². The van der Waals surface area contributed by atoms with Gasteiger partial charge in [0, 0.05) is 12.1 Å². The van der Waals surface area contributed by atoms with Crippen molar-refractivity contribution in [3.8, 4) is 0 Å². The highest BCUT2D eigenvalue weighted by Crippen LogP contribution is 2.26. The number of rotatable bonds is 3. The molecule has 1 amide bonds. The highest BCUT2D eigenvalue weighted by Gasteiger charge is 2.43. The van der Waals surface area contributed by atoms with E-state index in [9.17, 15) is 9.18 Å². The molecule has 0 aliphatic carbocycles. The summed E-state index contributed by atoms with van der Waals surface area (Å²) in [7, 11) is 0. The fourth-order valence-electron chi connectivity index (χ4n) is 1.97. The second kappa shape index (κ2) is 4.99. The zero-order chi connectivity index (χ0) is 14.0. The first-order valence-electron chi connectivity index (χ1n) is 6.32. The highest BCUT2D eigenvalue weighted by atomic mass is 19.1. The van der Waals surface area contributed by atoms with Crippen molar-refractivity contribution in [1.82, 2.24) is 10.6 Å². The van der Waals surface area contributed by atoms with Gasteiger partial charge in [-0.25, -0.2) is 4.39 Å². The number of hydrogen-bond acceptors (Lipinski definition) is 2. The summed E-state index contributed by atoms with van der Waals surface area (Å²) in [6.45, 7) is 6.34. The lowest BCUT2D eigenvalue weighted by Crippen LogP contribution is -2.41. The van der Waals surface area contributed by atoms with Crippen molar-refractivity contribution in [2.45, 2.75) is 26.3 Å². The molecule has 0 aromatic heterocycles. The lowest BCUT2D eigenvalue weighted by molar-refractivity contribution is -0.123. The molecule has 19 heavy (non-hydrogen) atoms. The molecular weight excluding hydrogens is 245 g/mol. The normalized spacial score (nSPS) is 24.7. The van der Waals surface area contributed by atoms with Gasteiger partial charge in [0.15, 0.2) is 5.96 Å². The molecule has 1 aliphatic heterocycles. The first kappa shape index (κ1) is 13.5. The molecule has 0 spiro atoms. The van der Waals surface area contributed by atoms with Gasteiger partial charge in [0.1, 0.15) is 11.4 Å². The predicted molar refractivity (Wildman–Crippen MR) is 72.2 cm³/mol. The maximum Gasteiger partial charge on any atom is 0.256 e. The first-order chi connectivity index (χ1) is 8.93. The smallest absolute Gasteiger partial charge is 0.256 e. The van der Waals surface area contributed by atoms with Gasteiger partial charge >= 0.3 is 0 Å². The third kappa shape index (κ3) is 2.59. The summed E-state index contributed by atoms with van der Waals surface area (Å²) >= 11 is 0. The molecule has 2 rings (SSSR count). The number of carbonyl (C=O) groups is 1. The monoisotopic (exact) mass is 263 g/mol. The molecule has 1 saturated heterocycles. The van der Waals surface area contributed by atoms with E-state index in [1.807, 2.05) is 13.8 Å². The summed E-state index contributed by atoms with van der Waals surface area (Å²) in [4.78, 5) is 16.4. The van der Waals surface area contributed by atoms with E-state index in [0.29, 0.717) is 24.0 Å². The average molecular weight is 263 g/mol. The van der Waals surface area contributed by atoms with Crippen molar-refractivity contribution >= 4 is 11.9 Å². The summed E-state index contributed by atoms with van der Waals surface area (Å²) in [5.74, 6) is 0.105. The number of nitrogens with zero attached hydrogens (tertiary/aromatic N) is 1. The molecule has 1 aliphatic rings. The van der Waals surface area contributed by atoms with Gasteiger partial charge < -0.3 is 5.32 Å². The SMILES string of the molecule is CC(C)CN=C1NC(=O)C(C)(c2ccccc2F)N1. The van der Waals surface area contributed by atoms with Crippen LogP contribution >= 0.6 is 0 Å². The fourth-order valence-corrected chi connectivity index (χ4v) is 1.97. The molecule has 1 aromatic rings. The number of guanidine groups is 1. The zero-order valence-corrected chi connectivity index (χ0v) is 11.3. The lowest BCUT2D eigenvalue weighted by atomic mass is 9.92. The van der Waals surface area contributed by atoms with E-state index in [4.69, 9.17) is 0 Å². The summed E-state index contributed by atoms with van der Waals surface area (Å²) in [5.41, 5.74) is -0.788. The van der Waals surface area contributed by atoms with Crippen LogP contribution in [0.15, 0.2) is 29.3 Å². The predicted octanol–water partition coefficient (Wildman–Crippen LogP) is 1.77. The topological polar surface area (TPSA) is 53.5 Å². The molecule has 0 radical (unpaired) electrons. The Hall–Kier alpha value is -1.91. The molecule has 1 atom stereocenters. The van der Waals surface area contributed by atoms with Gasteiger partial charge in [-0.1, -0.05) is 32.0 Å². The van der Waals surface area contributed by atoms with Gasteiger partial charge in [-0.15, -0.1) is 0 Å². The number of halogens is 1. The minimum absolute atomic E-state index is 0.292. The fraction of sp³-hybridized carbons (Fsp3) is 0.429. The summed E-state index contributed by atoms with van der Waals surface area (Å²) < 4.78 is 13.8.